The number of nitrogens with one attached hydrogen (secondary N) is 1. The summed E-state index contributed by atoms with van der Waals surface area (Å²) in [4.78, 5) is 29.2. The van der Waals surface area contributed by atoms with E-state index in [0.29, 0.717) is 23.8 Å². The van der Waals surface area contributed by atoms with E-state index in [-0.39, 0.29) is 23.8 Å². The molecule has 0 aliphatic heterocycles. The summed E-state index contributed by atoms with van der Waals surface area (Å²) in [5, 5.41) is 14.8. The van der Waals surface area contributed by atoms with Gasteiger partial charge in [-0.05, 0) is 31.0 Å². The SMILES string of the molecule is CCCN(CCC)C(=O)CNc1cc(-c2ccc(Cl)cc2)ncc1[N+](=O)[O-]. The lowest BCUT2D eigenvalue weighted by molar-refractivity contribution is -0.384. The summed E-state index contributed by atoms with van der Waals surface area (Å²) in [6.45, 7) is 5.35. The molecule has 0 saturated carbocycles. The second-order valence-corrected chi connectivity index (χ2v) is 6.52. The van der Waals surface area contributed by atoms with Gasteiger partial charge in [-0.2, -0.15) is 0 Å². The number of carbonyl (C=O) groups is 1. The molecule has 1 heterocycles. The fraction of sp³-hybridized carbons (Fsp3) is 0.368. The van der Waals surface area contributed by atoms with Crippen molar-refractivity contribution in [3.05, 3.63) is 51.7 Å². The summed E-state index contributed by atoms with van der Waals surface area (Å²) in [5.74, 6) is -0.0853. The van der Waals surface area contributed by atoms with Crippen LogP contribution in [0.15, 0.2) is 36.5 Å². The molecule has 8 heteroatoms. The van der Waals surface area contributed by atoms with Gasteiger partial charge in [0.1, 0.15) is 11.9 Å². The highest BCUT2D eigenvalue weighted by Crippen LogP contribution is 2.29. The van der Waals surface area contributed by atoms with Gasteiger partial charge in [0.2, 0.25) is 5.91 Å². The monoisotopic (exact) mass is 390 g/mol. The van der Waals surface area contributed by atoms with Crippen LogP contribution in [0.2, 0.25) is 5.02 Å². The van der Waals surface area contributed by atoms with Crippen molar-refractivity contribution in [3.63, 3.8) is 0 Å². The van der Waals surface area contributed by atoms with Crippen LogP contribution in [0, 0.1) is 10.1 Å². The van der Waals surface area contributed by atoms with Crippen molar-refractivity contribution in [1.82, 2.24) is 9.88 Å². The van der Waals surface area contributed by atoms with E-state index in [1.165, 1.54) is 6.20 Å². The third-order valence-electron chi connectivity index (χ3n) is 3.99. The van der Waals surface area contributed by atoms with E-state index in [4.69, 9.17) is 11.6 Å². The minimum Gasteiger partial charge on any atom is -0.370 e. The number of halogens is 1. The lowest BCUT2D eigenvalue weighted by atomic mass is 10.1. The molecular weight excluding hydrogens is 368 g/mol. The highest BCUT2D eigenvalue weighted by Gasteiger charge is 2.18. The molecule has 0 saturated heterocycles. The number of amides is 1. The Balaban J connectivity index is 2.22. The number of anilines is 1. The molecule has 1 amide bonds. The molecule has 27 heavy (non-hydrogen) atoms. The summed E-state index contributed by atoms with van der Waals surface area (Å²) in [6.07, 6.45) is 2.93. The van der Waals surface area contributed by atoms with Gasteiger partial charge in [-0.25, -0.2) is 4.98 Å². The largest absolute Gasteiger partial charge is 0.370 e. The highest BCUT2D eigenvalue weighted by molar-refractivity contribution is 6.30. The third kappa shape index (κ3) is 5.65. The van der Waals surface area contributed by atoms with E-state index in [1.807, 2.05) is 13.8 Å². The maximum atomic E-state index is 12.4. The predicted molar refractivity (Wildman–Crippen MR) is 107 cm³/mol. The molecule has 0 radical (unpaired) electrons. The van der Waals surface area contributed by atoms with Crippen LogP contribution >= 0.6 is 11.6 Å². The minimum absolute atomic E-state index is 0.00902. The number of pyridine rings is 1. The minimum atomic E-state index is -0.513. The van der Waals surface area contributed by atoms with E-state index in [1.54, 1.807) is 35.2 Å². The average Bonchev–Trinajstić information content (AvgIpc) is 2.66. The summed E-state index contributed by atoms with van der Waals surface area (Å²) in [7, 11) is 0. The van der Waals surface area contributed by atoms with Crippen LogP contribution in [0.1, 0.15) is 26.7 Å². The maximum absolute atomic E-state index is 12.4. The van der Waals surface area contributed by atoms with Crippen LogP contribution in [-0.4, -0.2) is 40.3 Å². The van der Waals surface area contributed by atoms with E-state index >= 15 is 0 Å². The van der Waals surface area contributed by atoms with E-state index in [9.17, 15) is 14.9 Å². The first kappa shape index (κ1) is 20.6. The van der Waals surface area contributed by atoms with Crippen molar-refractivity contribution in [2.75, 3.05) is 25.0 Å². The first-order valence-electron chi connectivity index (χ1n) is 8.88. The Morgan fingerprint density at radius 1 is 1.22 bits per heavy atom. The van der Waals surface area contributed by atoms with Gasteiger partial charge in [0.25, 0.3) is 0 Å². The van der Waals surface area contributed by atoms with E-state index < -0.39 is 4.92 Å². The Kier molecular flexibility index (Phi) is 7.55. The van der Waals surface area contributed by atoms with Crippen LogP contribution in [0.4, 0.5) is 11.4 Å². The number of hydrogen-bond acceptors (Lipinski definition) is 5. The summed E-state index contributed by atoms with van der Waals surface area (Å²) < 4.78 is 0. The zero-order valence-electron chi connectivity index (χ0n) is 15.4. The molecule has 0 bridgehead atoms. The third-order valence-corrected chi connectivity index (χ3v) is 4.24. The van der Waals surface area contributed by atoms with Crippen molar-refractivity contribution >= 4 is 28.9 Å². The van der Waals surface area contributed by atoms with Crippen LogP contribution in [0.5, 0.6) is 0 Å². The van der Waals surface area contributed by atoms with Gasteiger partial charge in [0, 0.05) is 23.7 Å². The van der Waals surface area contributed by atoms with Crippen molar-refractivity contribution in [3.8, 4) is 11.3 Å². The molecule has 0 fully saturated rings. The average molecular weight is 391 g/mol. The smallest absolute Gasteiger partial charge is 0.310 e. The first-order chi connectivity index (χ1) is 13.0. The number of nitro groups is 1. The van der Waals surface area contributed by atoms with Gasteiger partial charge in [-0.3, -0.25) is 14.9 Å². The summed E-state index contributed by atoms with van der Waals surface area (Å²) >= 11 is 5.90. The van der Waals surface area contributed by atoms with Gasteiger partial charge in [0.15, 0.2) is 0 Å². The normalized spacial score (nSPS) is 10.5. The first-order valence-corrected chi connectivity index (χ1v) is 9.26. The van der Waals surface area contributed by atoms with Crippen molar-refractivity contribution in [2.24, 2.45) is 0 Å². The lowest BCUT2D eigenvalue weighted by Gasteiger charge is -2.21. The standard InChI is InChI=1S/C19H23ClN4O3/c1-3-9-23(10-4-2)19(25)13-22-17-11-16(21-12-18(17)24(26)27)14-5-7-15(20)8-6-14/h5-8,11-12H,3-4,9-10,13H2,1-2H3,(H,21,22). The lowest BCUT2D eigenvalue weighted by Crippen LogP contribution is -2.36. The van der Waals surface area contributed by atoms with Gasteiger partial charge in [0.05, 0.1) is 17.2 Å². The number of carbonyl (C=O) groups excluding carboxylic acids is 1. The van der Waals surface area contributed by atoms with Gasteiger partial charge >= 0.3 is 5.69 Å². The van der Waals surface area contributed by atoms with E-state index in [2.05, 4.69) is 10.3 Å². The summed E-state index contributed by atoms with van der Waals surface area (Å²) in [5.41, 5.74) is 1.44. The molecule has 0 aliphatic rings. The molecule has 0 atom stereocenters. The Hall–Kier alpha value is -2.67. The quantitative estimate of drug-likeness (QED) is 0.507. The van der Waals surface area contributed by atoms with Crippen LogP contribution in [0.25, 0.3) is 11.3 Å². The molecule has 2 aromatic rings. The Bertz CT molecular complexity index is 790. The number of benzene rings is 1. The molecule has 2 rings (SSSR count). The predicted octanol–water partition coefficient (Wildman–Crippen LogP) is 4.37. The van der Waals surface area contributed by atoms with Crippen molar-refractivity contribution < 1.29 is 9.72 Å². The second kappa shape index (κ2) is 9.87. The van der Waals surface area contributed by atoms with Crippen LogP contribution in [0.3, 0.4) is 0 Å². The zero-order valence-corrected chi connectivity index (χ0v) is 16.2. The van der Waals surface area contributed by atoms with Crippen molar-refractivity contribution in [1.29, 1.82) is 0 Å². The van der Waals surface area contributed by atoms with Crippen molar-refractivity contribution in [2.45, 2.75) is 26.7 Å². The Morgan fingerprint density at radius 2 is 1.85 bits per heavy atom. The summed E-state index contributed by atoms with van der Waals surface area (Å²) in [6, 6.07) is 8.61. The molecule has 7 nitrogen and oxygen atoms in total. The molecule has 1 N–H and O–H groups in total. The molecule has 1 aromatic heterocycles. The Morgan fingerprint density at radius 3 is 2.41 bits per heavy atom. The van der Waals surface area contributed by atoms with Crippen LogP contribution < -0.4 is 5.32 Å². The molecule has 0 spiro atoms. The number of aromatic nitrogens is 1. The molecule has 144 valence electrons. The van der Waals surface area contributed by atoms with E-state index in [0.717, 1.165) is 18.4 Å². The number of rotatable bonds is 9. The van der Waals surface area contributed by atoms with Gasteiger partial charge < -0.3 is 10.2 Å². The number of hydrogen-bond donors (Lipinski definition) is 1. The molecule has 0 unspecified atom stereocenters. The maximum Gasteiger partial charge on any atom is 0.310 e. The highest BCUT2D eigenvalue weighted by atomic mass is 35.5. The fourth-order valence-corrected chi connectivity index (χ4v) is 2.82. The van der Waals surface area contributed by atoms with Gasteiger partial charge in [-0.1, -0.05) is 37.6 Å². The Labute approximate surface area is 163 Å². The second-order valence-electron chi connectivity index (χ2n) is 6.09. The van der Waals surface area contributed by atoms with Crippen LogP contribution in [-0.2, 0) is 4.79 Å². The molecule has 0 aliphatic carbocycles. The fourth-order valence-electron chi connectivity index (χ4n) is 2.70. The number of nitrogens with zero attached hydrogens (tertiary/aromatic N) is 3. The zero-order chi connectivity index (χ0) is 19.8. The topological polar surface area (TPSA) is 88.4 Å². The molecular formula is C19H23ClN4O3. The molecule has 1 aromatic carbocycles. The van der Waals surface area contributed by atoms with Gasteiger partial charge in [-0.15, -0.1) is 0 Å².